The molecule has 2 aliphatic rings. The maximum Gasteiger partial charge on any atom is 0.150 e. The average molecular weight is 230 g/mol. The molecule has 1 atom stereocenters. The van der Waals surface area contributed by atoms with Crippen molar-refractivity contribution in [3.05, 3.63) is 10.4 Å². The van der Waals surface area contributed by atoms with Crippen LogP contribution in [0.1, 0.15) is 19.3 Å². The lowest BCUT2D eigenvalue weighted by Gasteiger charge is -2.33. The molecule has 0 aliphatic carbocycles. The van der Waals surface area contributed by atoms with Crippen LogP contribution >= 0.6 is 0 Å². The highest BCUT2D eigenvalue weighted by Crippen LogP contribution is 2.32. The number of nitrogens with one attached hydrogen (secondary N) is 1. The molecule has 15 heavy (non-hydrogen) atoms. The maximum absolute atomic E-state index is 11.3. The zero-order chi connectivity index (χ0) is 10.9. The Labute approximate surface area is 88.6 Å². The van der Waals surface area contributed by atoms with Crippen LogP contribution in [0.3, 0.4) is 0 Å². The van der Waals surface area contributed by atoms with Gasteiger partial charge in [-0.15, -0.1) is 0 Å². The third-order valence-electron chi connectivity index (χ3n) is 3.34. The highest BCUT2D eigenvalue weighted by atomic mass is 32.2. The van der Waals surface area contributed by atoms with E-state index in [0.717, 1.165) is 6.42 Å². The second kappa shape index (κ2) is 3.66. The van der Waals surface area contributed by atoms with Crippen molar-refractivity contribution in [3.8, 4) is 0 Å². The number of nitrogens with zero attached hydrogens (tertiary/aromatic N) is 3. The van der Waals surface area contributed by atoms with Crippen LogP contribution in [0.5, 0.6) is 0 Å². The molecule has 84 valence electrons. The molecule has 0 aromatic carbocycles. The summed E-state index contributed by atoms with van der Waals surface area (Å²) in [4.78, 5) is 2.79. The standard InChI is InChI=1S/C8H14N4O2S/c9-12-11-7-5-8(10-6-7)1-3-15(13,14)4-2-8/h7,10H,1-6H2. The van der Waals surface area contributed by atoms with Crippen molar-refractivity contribution in [3.63, 3.8) is 0 Å². The number of sulfone groups is 1. The van der Waals surface area contributed by atoms with Crippen LogP contribution in [-0.2, 0) is 9.84 Å². The van der Waals surface area contributed by atoms with Gasteiger partial charge in [0.1, 0.15) is 9.84 Å². The van der Waals surface area contributed by atoms with Gasteiger partial charge in [-0.2, -0.15) is 0 Å². The molecule has 1 N–H and O–H groups in total. The topological polar surface area (TPSA) is 94.9 Å². The van der Waals surface area contributed by atoms with E-state index in [2.05, 4.69) is 15.3 Å². The first-order valence-electron chi connectivity index (χ1n) is 5.05. The molecule has 0 radical (unpaired) electrons. The lowest BCUT2D eigenvalue weighted by Crippen LogP contribution is -2.46. The first-order valence-corrected chi connectivity index (χ1v) is 6.87. The Hall–Kier alpha value is -0.780. The molecule has 1 unspecified atom stereocenters. The summed E-state index contributed by atoms with van der Waals surface area (Å²) in [5.41, 5.74) is 8.24. The Morgan fingerprint density at radius 3 is 2.67 bits per heavy atom. The highest BCUT2D eigenvalue weighted by molar-refractivity contribution is 7.91. The van der Waals surface area contributed by atoms with Gasteiger partial charge in [-0.3, -0.25) is 0 Å². The third-order valence-corrected chi connectivity index (χ3v) is 4.99. The van der Waals surface area contributed by atoms with E-state index in [1.165, 1.54) is 0 Å². The molecule has 0 aromatic heterocycles. The van der Waals surface area contributed by atoms with E-state index >= 15 is 0 Å². The second-order valence-corrected chi connectivity index (χ2v) is 6.68. The van der Waals surface area contributed by atoms with E-state index in [1.807, 2.05) is 0 Å². The molecule has 0 amide bonds. The monoisotopic (exact) mass is 230 g/mol. The van der Waals surface area contributed by atoms with Crippen LogP contribution < -0.4 is 5.32 Å². The van der Waals surface area contributed by atoms with Crippen LogP contribution in [0.25, 0.3) is 10.4 Å². The molecule has 7 heteroatoms. The molecule has 2 rings (SSSR count). The molecule has 2 fully saturated rings. The molecule has 2 aliphatic heterocycles. The van der Waals surface area contributed by atoms with E-state index in [0.29, 0.717) is 19.4 Å². The number of rotatable bonds is 1. The smallest absolute Gasteiger partial charge is 0.150 e. The van der Waals surface area contributed by atoms with Crippen molar-refractivity contribution in [1.29, 1.82) is 0 Å². The Kier molecular flexibility index (Phi) is 2.62. The van der Waals surface area contributed by atoms with Gasteiger partial charge in [-0.05, 0) is 24.8 Å². The van der Waals surface area contributed by atoms with Crippen molar-refractivity contribution in [2.24, 2.45) is 5.11 Å². The van der Waals surface area contributed by atoms with E-state index < -0.39 is 9.84 Å². The lowest BCUT2D eigenvalue weighted by molar-refractivity contribution is 0.336. The highest BCUT2D eigenvalue weighted by Gasteiger charge is 2.42. The molecule has 0 bridgehead atoms. The molecule has 0 aromatic rings. The summed E-state index contributed by atoms with van der Waals surface area (Å²) in [6.07, 6.45) is 2.06. The molecule has 6 nitrogen and oxygen atoms in total. The van der Waals surface area contributed by atoms with Gasteiger partial charge in [0.15, 0.2) is 0 Å². The maximum atomic E-state index is 11.3. The molecular weight excluding hydrogens is 216 g/mol. The van der Waals surface area contributed by atoms with E-state index in [1.54, 1.807) is 0 Å². The molecule has 2 saturated heterocycles. The van der Waals surface area contributed by atoms with Crippen molar-refractivity contribution in [1.82, 2.24) is 5.32 Å². The van der Waals surface area contributed by atoms with Crippen LogP contribution in [0.15, 0.2) is 5.11 Å². The summed E-state index contributed by atoms with van der Waals surface area (Å²) in [6, 6.07) is -0.0178. The van der Waals surface area contributed by atoms with Gasteiger partial charge in [0, 0.05) is 17.0 Å². The summed E-state index contributed by atoms with van der Waals surface area (Å²) >= 11 is 0. The largest absolute Gasteiger partial charge is 0.311 e. The molecular formula is C8H14N4O2S. The van der Waals surface area contributed by atoms with E-state index in [-0.39, 0.29) is 23.1 Å². The van der Waals surface area contributed by atoms with Crippen molar-refractivity contribution in [2.75, 3.05) is 18.1 Å². The summed E-state index contributed by atoms with van der Waals surface area (Å²) in [5, 5.41) is 6.99. The van der Waals surface area contributed by atoms with Crippen LogP contribution in [-0.4, -0.2) is 38.0 Å². The first-order chi connectivity index (χ1) is 7.05. The fourth-order valence-corrected chi connectivity index (χ4v) is 4.00. The Bertz CT molecular complexity index is 385. The summed E-state index contributed by atoms with van der Waals surface area (Å²) in [6.45, 7) is 0.671. The van der Waals surface area contributed by atoms with Gasteiger partial charge < -0.3 is 5.32 Å². The van der Waals surface area contributed by atoms with Gasteiger partial charge in [-0.25, -0.2) is 8.42 Å². The van der Waals surface area contributed by atoms with Crippen molar-refractivity contribution in [2.45, 2.75) is 30.8 Å². The number of hydrogen-bond donors (Lipinski definition) is 1. The van der Waals surface area contributed by atoms with Gasteiger partial charge in [-0.1, -0.05) is 5.11 Å². The molecule has 1 spiro atoms. The summed E-state index contributed by atoms with van der Waals surface area (Å²) < 4.78 is 22.6. The minimum Gasteiger partial charge on any atom is -0.311 e. The van der Waals surface area contributed by atoms with Gasteiger partial charge in [0.05, 0.1) is 17.5 Å². The molecule has 2 heterocycles. The van der Waals surface area contributed by atoms with Gasteiger partial charge in [0.2, 0.25) is 0 Å². The Balaban J connectivity index is 2.03. The fraction of sp³-hybridized carbons (Fsp3) is 1.00. The van der Waals surface area contributed by atoms with Gasteiger partial charge >= 0.3 is 0 Å². The zero-order valence-corrected chi connectivity index (χ0v) is 9.20. The minimum atomic E-state index is -2.82. The normalized spacial score (nSPS) is 32.4. The zero-order valence-electron chi connectivity index (χ0n) is 8.39. The summed E-state index contributed by atoms with van der Waals surface area (Å²) in [7, 11) is -2.82. The van der Waals surface area contributed by atoms with Gasteiger partial charge in [0.25, 0.3) is 0 Å². The SMILES string of the molecule is [N-]=[N+]=NC1CNC2(CCS(=O)(=O)CC2)C1. The Morgan fingerprint density at radius 1 is 1.40 bits per heavy atom. The van der Waals surface area contributed by atoms with E-state index in [4.69, 9.17) is 5.53 Å². The van der Waals surface area contributed by atoms with Crippen LogP contribution in [0.4, 0.5) is 0 Å². The van der Waals surface area contributed by atoms with E-state index in [9.17, 15) is 8.42 Å². The van der Waals surface area contributed by atoms with Crippen LogP contribution in [0.2, 0.25) is 0 Å². The van der Waals surface area contributed by atoms with Crippen LogP contribution in [0, 0.1) is 0 Å². The number of azide groups is 1. The van der Waals surface area contributed by atoms with Crippen molar-refractivity contribution < 1.29 is 8.42 Å². The minimum absolute atomic E-state index is 0.0178. The third kappa shape index (κ3) is 2.25. The summed E-state index contributed by atoms with van der Waals surface area (Å²) in [5.74, 6) is 0.506. The lowest BCUT2D eigenvalue weighted by atomic mass is 9.90. The number of hydrogen-bond acceptors (Lipinski definition) is 4. The Morgan fingerprint density at radius 2 is 2.07 bits per heavy atom. The molecule has 0 saturated carbocycles. The first kappa shape index (κ1) is 10.7. The average Bonchev–Trinajstić information content (AvgIpc) is 2.57. The predicted molar refractivity (Wildman–Crippen MR) is 56.2 cm³/mol. The van der Waals surface area contributed by atoms with Crippen molar-refractivity contribution >= 4 is 9.84 Å². The predicted octanol–water partition coefficient (Wildman–Crippen LogP) is 0.606. The second-order valence-electron chi connectivity index (χ2n) is 4.38. The fourth-order valence-electron chi connectivity index (χ4n) is 2.39. The quantitative estimate of drug-likeness (QED) is 0.406.